The maximum atomic E-state index is 9.68. The molecule has 0 aromatic carbocycles. The highest BCUT2D eigenvalue weighted by Gasteiger charge is 2.59. The van der Waals surface area contributed by atoms with Crippen molar-refractivity contribution in [3.05, 3.63) is 10.4 Å². The largest absolute Gasteiger partial charge is 0.379 e. The number of fused-ring (bicyclic) bond motifs is 1. The molecule has 332 valence electrons. The van der Waals surface area contributed by atoms with Crippen LogP contribution in [0.3, 0.4) is 0 Å². The van der Waals surface area contributed by atoms with E-state index in [2.05, 4.69) is 44.6 Å². The summed E-state index contributed by atoms with van der Waals surface area (Å²) in [5.41, 5.74) is 9.68. The summed E-state index contributed by atoms with van der Waals surface area (Å²) in [6, 6.07) is -0.759. The summed E-state index contributed by atoms with van der Waals surface area (Å²) in [7, 11) is 1.55. The molecule has 0 N–H and O–H groups in total. The van der Waals surface area contributed by atoms with Crippen molar-refractivity contribution in [1.82, 2.24) is 0 Å². The Morgan fingerprint density at radius 2 is 1.21 bits per heavy atom. The predicted octanol–water partition coefficient (Wildman–Crippen LogP) is 6.99. The SMILES string of the molecule is CCCCOC[C@H]1O[C@H](OC)C(O[C@@H]2O[C@H](C)[C@H](O[C@@H]3OC[C@@H](OCCCC)C(OCCCC)C3OCCCC)C3OC(C)(C)OC32)C(OCCCC)[C@H]1N=[N+]=[N-]. The molecule has 4 rings (SSSR count). The zero-order chi connectivity index (χ0) is 41.2. The van der Waals surface area contributed by atoms with E-state index in [0.717, 1.165) is 64.2 Å². The van der Waals surface area contributed by atoms with Crippen molar-refractivity contribution in [3.63, 3.8) is 0 Å². The second kappa shape index (κ2) is 25.5. The van der Waals surface area contributed by atoms with E-state index < -0.39 is 79.5 Å². The minimum atomic E-state index is -0.990. The van der Waals surface area contributed by atoms with Crippen LogP contribution in [-0.4, -0.2) is 145 Å². The summed E-state index contributed by atoms with van der Waals surface area (Å²) in [5.74, 6) is -0.990. The van der Waals surface area contributed by atoms with Crippen LogP contribution in [0.4, 0.5) is 0 Å². The van der Waals surface area contributed by atoms with Gasteiger partial charge in [0.05, 0.1) is 37.6 Å². The quantitative estimate of drug-likeness (QED) is 0.0360. The lowest BCUT2D eigenvalue weighted by atomic mass is 9.95. The Kier molecular flexibility index (Phi) is 21.7. The molecule has 0 aromatic rings. The van der Waals surface area contributed by atoms with Gasteiger partial charge in [0.15, 0.2) is 24.7 Å². The maximum Gasteiger partial charge on any atom is 0.187 e. The lowest BCUT2D eigenvalue weighted by Gasteiger charge is -2.48. The summed E-state index contributed by atoms with van der Waals surface area (Å²) >= 11 is 0. The minimum absolute atomic E-state index is 0.207. The molecule has 0 radical (unpaired) electrons. The van der Waals surface area contributed by atoms with E-state index >= 15 is 0 Å². The number of rotatable bonds is 27. The summed E-state index contributed by atoms with van der Waals surface area (Å²) in [5, 5.41) is 4.16. The molecule has 0 amide bonds. The number of hydrogen-bond donors (Lipinski definition) is 0. The molecule has 57 heavy (non-hydrogen) atoms. The number of hydrogen-bond acceptors (Lipinski definition) is 14. The third-order valence-corrected chi connectivity index (χ3v) is 10.7. The normalized spacial score (nSPS) is 36.5. The van der Waals surface area contributed by atoms with Gasteiger partial charge in [-0.15, -0.1) is 0 Å². The van der Waals surface area contributed by atoms with Gasteiger partial charge in [0.1, 0.15) is 42.7 Å². The average molecular weight is 818 g/mol. The molecular weight excluding hydrogens is 742 g/mol. The summed E-state index contributed by atoms with van der Waals surface area (Å²) in [4.78, 5) is 3.17. The van der Waals surface area contributed by atoms with Crippen LogP contribution in [0.15, 0.2) is 5.11 Å². The molecule has 4 saturated heterocycles. The highest BCUT2D eigenvalue weighted by Crippen LogP contribution is 2.42. The summed E-state index contributed by atoms with van der Waals surface area (Å²) in [6.45, 7) is 19.4. The van der Waals surface area contributed by atoms with Crippen LogP contribution in [0.25, 0.3) is 10.4 Å². The molecule has 0 aliphatic carbocycles. The van der Waals surface area contributed by atoms with Crippen molar-refractivity contribution >= 4 is 0 Å². The minimum Gasteiger partial charge on any atom is -0.379 e. The smallest absolute Gasteiger partial charge is 0.187 e. The van der Waals surface area contributed by atoms with Gasteiger partial charge in [0.2, 0.25) is 0 Å². The molecule has 16 heteroatoms. The molecule has 4 heterocycles. The zero-order valence-electron chi connectivity index (χ0n) is 36.3. The molecular formula is C41H75N3O13. The zero-order valence-corrected chi connectivity index (χ0v) is 36.3. The monoisotopic (exact) mass is 818 g/mol. The number of methoxy groups -OCH3 is 1. The van der Waals surface area contributed by atoms with Crippen LogP contribution in [0, 0.1) is 0 Å². The topological polar surface area (TPSA) is 169 Å². The Morgan fingerprint density at radius 1 is 0.649 bits per heavy atom. The van der Waals surface area contributed by atoms with E-state index in [-0.39, 0.29) is 18.8 Å². The number of ether oxygens (including phenoxy) is 13. The van der Waals surface area contributed by atoms with E-state index in [4.69, 9.17) is 61.6 Å². The number of unbranched alkanes of at least 4 members (excludes halogenated alkanes) is 5. The second-order valence-corrected chi connectivity index (χ2v) is 15.9. The molecule has 4 aliphatic heterocycles. The highest BCUT2D eigenvalue weighted by molar-refractivity contribution is 5.01. The third-order valence-electron chi connectivity index (χ3n) is 10.7. The fraction of sp³-hybridized carbons (Fsp3) is 1.00. The van der Waals surface area contributed by atoms with E-state index in [1.807, 2.05) is 20.8 Å². The second-order valence-electron chi connectivity index (χ2n) is 15.9. The lowest BCUT2D eigenvalue weighted by Crippen LogP contribution is -2.65. The van der Waals surface area contributed by atoms with Gasteiger partial charge < -0.3 is 61.6 Å². The van der Waals surface area contributed by atoms with Crippen molar-refractivity contribution in [3.8, 4) is 0 Å². The van der Waals surface area contributed by atoms with Crippen LogP contribution in [0.5, 0.6) is 0 Å². The van der Waals surface area contributed by atoms with Gasteiger partial charge in [-0.3, -0.25) is 0 Å². The first-order chi connectivity index (χ1) is 27.7. The standard InChI is InChI=1S/C41H75N3O13/c1-10-15-20-46-25-28-30(43-44-42)33(49-23-18-13-4)36(38(45-9)53-28)55-40-37-34(56-41(7,8)57-37)31(27(6)52-40)54-39-35(50-24-19-14-5)32(48-22-17-12-3)29(26-51-39)47-21-16-11-2/h27-40H,10-26H2,1-9H3/t27-,28-,29-,30+,31+,32?,33?,34?,35?,36?,37?,38+,39+,40+/m1/s1. The van der Waals surface area contributed by atoms with Crippen molar-refractivity contribution in [1.29, 1.82) is 0 Å². The molecule has 4 fully saturated rings. The van der Waals surface area contributed by atoms with Gasteiger partial charge in [0.25, 0.3) is 0 Å². The molecule has 0 spiro atoms. The Labute approximate surface area is 341 Å². The fourth-order valence-electron chi connectivity index (χ4n) is 7.57. The third kappa shape index (κ3) is 13.9. The van der Waals surface area contributed by atoms with E-state index in [1.165, 1.54) is 0 Å². The fourth-order valence-corrected chi connectivity index (χ4v) is 7.57. The van der Waals surface area contributed by atoms with Crippen LogP contribution in [-0.2, 0) is 61.6 Å². The van der Waals surface area contributed by atoms with Crippen LogP contribution in [0.2, 0.25) is 0 Å². The van der Waals surface area contributed by atoms with Gasteiger partial charge in [-0.2, -0.15) is 0 Å². The molecule has 0 bridgehead atoms. The van der Waals surface area contributed by atoms with E-state index in [0.29, 0.717) is 39.6 Å². The number of azide groups is 1. The van der Waals surface area contributed by atoms with Gasteiger partial charge in [-0.1, -0.05) is 71.8 Å². The first-order valence-corrected chi connectivity index (χ1v) is 21.9. The summed E-state index contributed by atoms with van der Waals surface area (Å²) in [6.07, 6.45) is 0.741. The molecule has 6 unspecified atom stereocenters. The van der Waals surface area contributed by atoms with Crippen LogP contribution in [0.1, 0.15) is 120 Å². The first-order valence-electron chi connectivity index (χ1n) is 21.9. The predicted molar refractivity (Wildman–Crippen MR) is 211 cm³/mol. The molecule has 16 nitrogen and oxygen atoms in total. The Hall–Kier alpha value is -1.21. The van der Waals surface area contributed by atoms with Gasteiger partial charge in [-0.25, -0.2) is 0 Å². The summed E-state index contributed by atoms with van der Waals surface area (Å²) < 4.78 is 83.9. The van der Waals surface area contributed by atoms with Crippen molar-refractivity contribution < 1.29 is 61.6 Å². The van der Waals surface area contributed by atoms with E-state index in [1.54, 1.807) is 7.11 Å². The molecule has 4 aliphatic rings. The van der Waals surface area contributed by atoms with Gasteiger partial charge in [0, 0.05) is 45.1 Å². The van der Waals surface area contributed by atoms with Crippen molar-refractivity contribution in [2.75, 3.05) is 53.4 Å². The van der Waals surface area contributed by atoms with Crippen molar-refractivity contribution in [2.45, 2.75) is 211 Å². The van der Waals surface area contributed by atoms with E-state index in [9.17, 15) is 5.53 Å². The lowest BCUT2D eigenvalue weighted by molar-refractivity contribution is -0.364. The molecule has 0 aromatic heterocycles. The van der Waals surface area contributed by atoms with Crippen LogP contribution < -0.4 is 0 Å². The van der Waals surface area contributed by atoms with Crippen LogP contribution >= 0.6 is 0 Å². The van der Waals surface area contributed by atoms with Gasteiger partial charge >= 0.3 is 0 Å². The van der Waals surface area contributed by atoms with Crippen molar-refractivity contribution in [2.24, 2.45) is 5.11 Å². The Bertz CT molecular complexity index is 1150. The Morgan fingerprint density at radius 3 is 1.82 bits per heavy atom. The Balaban J connectivity index is 1.58. The average Bonchev–Trinajstić information content (AvgIpc) is 3.53. The first kappa shape index (κ1) is 48.5. The highest BCUT2D eigenvalue weighted by atomic mass is 16.8. The number of nitrogens with zero attached hydrogens (tertiary/aromatic N) is 3. The molecule has 14 atom stereocenters. The van der Waals surface area contributed by atoms with Gasteiger partial charge in [-0.05, 0) is 58.4 Å². The molecule has 0 saturated carbocycles. The maximum absolute atomic E-state index is 9.68.